The van der Waals surface area contributed by atoms with Crippen LogP contribution in [0.5, 0.6) is 0 Å². The van der Waals surface area contributed by atoms with E-state index in [-0.39, 0.29) is 0 Å². The largest absolute Gasteiger partial charge is 0.466 e. The molecule has 0 amide bonds. The number of halogens is 2. The van der Waals surface area contributed by atoms with E-state index in [1.165, 1.54) is 0 Å². The summed E-state index contributed by atoms with van der Waals surface area (Å²) < 4.78 is 60.0. The molecule has 4 aliphatic rings. The van der Waals surface area contributed by atoms with Crippen molar-refractivity contribution < 1.29 is 36.1 Å². The first-order valence-electron chi connectivity index (χ1n) is 7.15. The number of alkyl halides is 2. The van der Waals surface area contributed by atoms with Gasteiger partial charge in [0, 0.05) is 0 Å². The quantitative estimate of drug-likeness (QED) is 0.478. The first-order valence-corrected chi connectivity index (χ1v) is 8.59. The van der Waals surface area contributed by atoms with Crippen molar-refractivity contribution in [1.29, 1.82) is 0 Å². The smallest absolute Gasteiger partial charge is 0.387 e. The van der Waals surface area contributed by atoms with E-state index in [2.05, 4.69) is 4.74 Å². The second-order valence-electron chi connectivity index (χ2n) is 6.87. The third kappa shape index (κ3) is 2.34. The van der Waals surface area contributed by atoms with Crippen molar-refractivity contribution >= 4 is 22.1 Å². The second kappa shape index (κ2) is 4.70. The van der Waals surface area contributed by atoms with Crippen LogP contribution in [0.4, 0.5) is 8.78 Å². The van der Waals surface area contributed by atoms with E-state index in [1.54, 1.807) is 0 Å². The van der Waals surface area contributed by atoms with Gasteiger partial charge in [-0.05, 0) is 56.3 Å². The third-order valence-electron chi connectivity index (χ3n) is 5.22. The van der Waals surface area contributed by atoms with Crippen molar-refractivity contribution in [1.82, 2.24) is 0 Å². The highest BCUT2D eigenvalue weighted by molar-refractivity contribution is 7.87. The maximum Gasteiger partial charge on any atom is 0.466 e. The minimum absolute atomic E-state index is 0.330. The van der Waals surface area contributed by atoms with Gasteiger partial charge in [0.2, 0.25) is 0 Å². The summed E-state index contributed by atoms with van der Waals surface area (Å²) in [6.07, 6.45) is 4.47. The van der Waals surface area contributed by atoms with Gasteiger partial charge in [0.15, 0.2) is 0 Å². The van der Waals surface area contributed by atoms with Crippen molar-refractivity contribution in [3.63, 3.8) is 0 Å². The molecule has 0 aromatic heterocycles. The molecular formula is C13H16F2O6S. The van der Waals surface area contributed by atoms with E-state index >= 15 is 0 Å². The lowest BCUT2D eigenvalue weighted by atomic mass is 9.49. The van der Waals surface area contributed by atoms with Crippen LogP contribution in [-0.4, -0.2) is 30.2 Å². The molecule has 0 aromatic carbocycles. The highest BCUT2D eigenvalue weighted by atomic mass is 32.2. The van der Waals surface area contributed by atoms with Gasteiger partial charge in [0.1, 0.15) is 0 Å². The Hall–Kier alpha value is -1.09. The molecule has 22 heavy (non-hydrogen) atoms. The van der Waals surface area contributed by atoms with Crippen molar-refractivity contribution in [2.75, 3.05) is 0 Å². The average molecular weight is 338 g/mol. The van der Waals surface area contributed by atoms with Crippen LogP contribution >= 0.6 is 0 Å². The summed E-state index contributed by atoms with van der Waals surface area (Å²) in [6.45, 7) is 0. The van der Waals surface area contributed by atoms with Crippen LogP contribution in [0.3, 0.4) is 0 Å². The Kier molecular flexibility index (Phi) is 3.38. The Morgan fingerprint density at radius 2 is 1.45 bits per heavy atom. The molecular weight excluding hydrogens is 322 g/mol. The van der Waals surface area contributed by atoms with Gasteiger partial charge >= 0.3 is 27.3 Å². The van der Waals surface area contributed by atoms with Crippen LogP contribution in [0.1, 0.15) is 38.5 Å². The Bertz CT molecular complexity index is 591. The molecule has 9 heteroatoms. The lowest BCUT2D eigenvalue weighted by Crippen LogP contribution is -2.52. The predicted octanol–water partition coefficient (Wildman–Crippen LogP) is 1.75. The number of hydrogen-bond donors (Lipinski definition) is 1. The summed E-state index contributed by atoms with van der Waals surface area (Å²) in [7, 11) is -5.96. The molecule has 4 saturated carbocycles. The summed E-state index contributed by atoms with van der Waals surface area (Å²) in [5.74, 6) is -2.63. The van der Waals surface area contributed by atoms with Crippen LogP contribution in [-0.2, 0) is 24.4 Å². The van der Waals surface area contributed by atoms with E-state index in [0.29, 0.717) is 37.0 Å². The molecule has 0 spiro atoms. The first kappa shape index (κ1) is 15.8. The fourth-order valence-corrected chi connectivity index (χ4v) is 4.97. The number of hydrogen-bond acceptors (Lipinski definition) is 5. The van der Waals surface area contributed by atoms with Gasteiger partial charge in [0.05, 0.1) is 5.41 Å². The Morgan fingerprint density at radius 1 is 1.05 bits per heavy atom. The molecule has 0 saturated heterocycles. The normalized spacial score (nSPS) is 37.1. The summed E-state index contributed by atoms with van der Waals surface area (Å²) in [5.41, 5.74) is -0.959. The standard InChI is InChI=1S/C13H16F2O6S/c14-13(15,22(18,19)20)11(17)21-10(16)12-4-7-1-8(5-12)3-9(2-7)6-12/h7-9H,1-6H2,(H,18,19,20). The van der Waals surface area contributed by atoms with Crippen LogP contribution < -0.4 is 0 Å². The topological polar surface area (TPSA) is 97.7 Å². The van der Waals surface area contributed by atoms with E-state index in [9.17, 15) is 26.8 Å². The molecule has 1 N–H and O–H groups in total. The Labute approximate surface area is 125 Å². The third-order valence-corrected chi connectivity index (χ3v) is 6.03. The fraction of sp³-hybridized carbons (Fsp3) is 0.846. The zero-order valence-corrected chi connectivity index (χ0v) is 12.4. The highest BCUT2D eigenvalue weighted by Crippen LogP contribution is 2.60. The monoisotopic (exact) mass is 338 g/mol. The number of carbonyl (C=O) groups excluding carboxylic acids is 2. The van der Waals surface area contributed by atoms with E-state index < -0.39 is 32.7 Å². The molecule has 6 nitrogen and oxygen atoms in total. The molecule has 124 valence electrons. The number of ether oxygens (including phenoxy) is 1. The van der Waals surface area contributed by atoms with Gasteiger partial charge in [0.25, 0.3) is 0 Å². The Morgan fingerprint density at radius 3 is 1.82 bits per heavy atom. The van der Waals surface area contributed by atoms with Crippen LogP contribution in [0, 0.1) is 23.2 Å². The first-order chi connectivity index (χ1) is 10.0. The van der Waals surface area contributed by atoms with Gasteiger partial charge in [-0.15, -0.1) is 0 Å². The van der Waals surface area contributed by atoms with Crippen molar-refractivity contribution in [2.24, 2.45) is 23.2 Å². The van der Waals surface area contributed by atoms with E-state index in [0.717, 1.165) is 19.3 Å². The maximum atomic E-state index is 13.2. The highest BCUT2D eigenvalue weighted by Gasteiger charge is 2.59. The Balaban J connectivity index is 1.77. The molecule has 0 heterocycles. The average Bonchev–Trinajstić information content (AvgIpc) is 2.35. The van der Waals surface area contributed by atoms with Crippen molar-refractivity contribution in [3.8, 4) is 0 Å². The zero-order valence-electron chi connectivity index (χ0n) is 11.6. The number of carbonyl (C=O) groups is 2. The molecule has 0 aliphatic heterocycles. The van der Waals surface area contributed by atoms with Gasteiger partial charge in [-0.1, -0.05) is 0 Å². The van der Waals surface area contributed by atoms with Gasteiger partial charge in [-0.3, -0.25) is 9.35 Å². The molecule has 0 atom stereocenters. The molecule has 0 unspecified atom stereocenters. The minimum atomic E-state index is -5.96. The fourth-order valence-electron chi connectivity index (χ4n) is 4.72. The van der Waals surface area contributed by atoms with Gasteiger partial charge < -0.3 is 4.74 Å². The molecule has 0 radical (unpaired) electrons. The van der Waals surface area contributed by atoms with Crippen LogP contribution in [0.15, 0.2) is 0 Å². The molecule has 4 bridgehead atoms. The zero-order chi connectivity index (χ0) is 16.3. The predicted molar refractivity (Wildman–Crippen MR) is 68.2 cm³/mol. The summed E-state index contributed by atoms with van der Waals surface area (Å²) in [5, 5.41) is -5.13. The lowest BCUT2D eigenvalue weighted by molar-refractivity contribution is -0.186. The molecule has 4 aliphatic carbocycles. The summed E-state index contributed by atoms with van der Waals surface area (Å²) >= 11 is 0. The van der Waals surface area contributed by atoms with Crippen molar-refractivity contribution in [2.45, 2.75) is 43.8 Å². The maximum absolute atomic E-state index is 13.2. The minimum Gasteiger partial charge on any atom is -0.387 e. The van der Waals surface area contributed by atoms with Crippen LogP contribution in [0.25, 0.3) is 0 Å². The van der Waals surface area contributed by atoms with E-state index in [4.69, 9.17) is 4.55 Å². The molecule has 0 aromatic rings. The van der Waals surface area contributed by atoms with E-state index in [1.807, 2.05) is 0 Å². The van der Waals surface area contributed by atoms with Gasteiger partial charge in [-0.25, -0.2) is 4.79 Å². The summed E-state index contributed by atoms with van der Waals surface area (Å²) in [4.78, 5) is 23.5. The molecule has 4 fully saturated rings. The van der Waals surface area contributed by atoms with Crippen LogP contribution in [0.2, 0.25) is 0 Å². The molecule has 4 rings (SSSR count). The number of esters is 2. The second-order valence-corrected chi connectivity index (χ2v) is 8.33. The van der Waals surface area contributed by atoms with Crippen molar-refractivity contribution in [3.05, 3.63) is 0 Å². The number of rotatable bonds is 3. The van der Waals surface area contributed by atoms with Gasteiger partial charge in [-0.2, -0.15) is 17.2 Å². The summed E-state index contributed by atoms with van der Waals surface area (Å²) in [6, 6.07) is 0. The lowest BCUT2D eigenvalue weighted by Gasteiger charge is -2.54. The SMILES string of the molecule is O=C(OC(=O)C(F)(F)S(=O)(=O)O)C12CC3CC(CC(C3)C1)C2.